The van der Waals surface area contributed by atoms with Gasteiger partial charge in [0.25, 0.3) is 0 Å². The van der Waals surface area contributed by atoms with Gasteiger partial charge in [0.1, 0.15) is 5.82 Å². The van der Waals surface area contributed by atoms with Crippen molar-refractivity contribution in [1.29, 1.82) is 0 Å². The molecule has 1 aromatic heterocycles. The van der Waals surface area contributed by atoms with E-state index in [0.29, 0.717) is 6.54 Å². The van der Waals surface area contributed by atoms with Gasteiger partial charge in [-0.3, -0.25) is 4.79 Å². The number of hydrogen-bond acceptors (Lipinski definition) is 4. The summed E-state index contributed by atoms with van der Waals surface area (Å²) in [6, 6.07) is 4.09. The first-order chi connectivity index (χ1) is 10.3. The van der Waals surface area contributed by atoms with Crippen LogP contribution in [0.15, 0.2) is 18.3 Å². The van der Waals surface area contributed by atoms with E-state index in [1.165, 1.54) is 12.8 Å². The molecule has 0 spiro atoms. The van der Waals surface area contributed by atoms with Crippen LogP contribution in [0.5, 0.6) is 0 Å². The van der Waals surface area contributed by atoms with Gasteiger partial charge in [-0.1, -0.05) is 0 Å². The molecule has 2 fully saturated rings. The highest BCUT2D eigenvalue weighted by molar-refractivity contribution is 5.79. The summed E-state index contributed by atoms with van der Waals surface area (Å²) in [6.07, 6.45) is 6.42. The number of pyridine rings is 1. The largest absolute Gasteiger partial charge is 0.357 e. The second kappa shape index (κ2) is 6.89. The maximum absolute atomic E-state index is 12.1. The van der Waals surface area contributed by atoms with Crippen LogP contribution in [0.4, 0.5) is 5.82 Å². The van der Waals surface area contributed by atoms with Crippen molar-refractivity contribution in [1.82, 2.24) is 15.6 Å². The number of aromatic nitrogens is 1. The number of piperidine rings is 1. The zero-order valence-electron chi connectivity index (χ0n) is 12.5. The first-order valence-corrected chi connectivity index (χ1v) is 8.01. The molecule has 1 atom stereocenters. The van der Waals surface area contributed by atoms with Gasteiger partial charge in [-0.15, -0.1) is 0 Å². The summed E-state index contributed by atoms with van der Waals surface area (Å²) in [5.41, 5.74) is 1.13. The highest BCUT2D eigenvalue weighted by Gasteiger charge is 2.20. The molecule has 114 valence electrons. The van der Waals surface area contributed by atoms with Gasteiger partial charge in [-0.25, -0.2) is 4.98 Å². The summed E-state index contributed by atoms with van der Waals surface area (Å²) in [6.45, 7) is 4.63. The van der Waals surface area contributed by atoms with E-state index in [2.05, 4.69) is 26.6 Å². The summed E-state index contributed by atoms with van der Waals surface area (Å²) in [5.74, 6) is 1.33. The van der Waals surface area contributed by atoms with Crippen LogP contribution in [0.3, 0.4) is 0 Å². The zero-order chi connectivity index (χ0) is 14.5. The second-order valence-corrected chi connectivity index (χ2v) is 5.98. The Labute approximate surface area is 126 Å². The number of carbonyl (C=O) groups excluding carboxylic acids is 1. The van der Waals surface area contributed by atoms with Crippen molar-refractivity contribution in [3.63, 3.8) is 0 Å². The van der Waals surface area contributed by atoms with Crippen LogP contribution in [-0.2, 0) is 11.3 Å². The Morgan fingerprint density at radius 1 is 1.38 bits per heavy atom. The third kappa shape index (κ3) is 3.73. The quantitative estimate of drug-likeness (QED) is 0.877. The molecule has 5 nitrogen and oxygen atoms in total. The van der Waals surface area contributed by atoms with Crippen LogP contribution in [0.25, 0.3) is 0 Å². The lowest BCUT2D eigenvalue weighted by Crippen LogP contribution is -2.40. The Bertz CT molecular complexity index is 479. The molecule has 0 aliphatic carbocycles. The van der Waals surface area contributed by atoms with Gasteiger partial charge >= 0.3 is 0 Å². The van der Waals surface area contributed by atoms with E-state index in [9.17, 15) is 4.79 Å². The number of nitrogens with zero attached hydrogens (tertiary/aromatic N) is 2. The monoisotopic (exact) mass is 288 g/mol. The molecule has 2 aliphatic heterocycles. The van der Waals surface area contributed by atoms with Gasteiger partial charge in [0, 0.05) is 32.4 Å². The van der Waals surface area contributed by atoms with E-state index in [0.717, 1.165) is 50.4 Å². The van der Waals surface area contributed by atoms with Gasteiger partial charge in [0.15, 0.2) is 0 Å². The molecule has 1 aromatic rings. The van der Waals surface area contributed by atoms with Gasteiger partial charge in [-0.05, 0) is 49.9 Å². The number of carbonyl (C=O) groups is 1. The molecule has 0 bridgehead atoms. The molecule has 2 N–H and O–H groups in total. The lowest BCUT2D eigenvalue weighted by molar-refractivity contribution is -0.125. The SMILES string of the molecule is O=C(NCc1ccnc(N2CCCC2)c1)C1CCCNC1. The average Bonchev–Trinajstić information content (AvgIpc) is 3.08. The Hall–Kier alpha value is -1.62. The molecule has 21 heavy (non-hydrogen) atoms. The molecule has 2 saturated heterocycles. The Balaban J connectivity index is 1.54. The Morgan fingerprint density at radius 3 is 3.00 bits per heavy atom. The number of nitrogens with one attached hydrogen (secondary N) is 2. The van der Waals surface area contributed by atoms with Crippen LogP contribution >= 0.6 is 0 Å². The van der Waals surface area contributed by atoms with Gasteiger partial charge in [0.2, 0.25) is 5.91 Å². The normalized spacial score (nSPS) is 22.3. The number of anilines is 1. The van der Waals surface area contributed by atoms with E-state index >= 15 is 0 Å². The van der Waals surface area contributed by atoms with Crippen molar-refractivity contribution in [2.75, 3.05) is 31.1 Å². The summed E-state index contributed by atoms with van der Waals surface area (Å²) in [4.78, 5) is 18.9. The summed E-state index contributed by atoms with van der Waals surface area (Å²) in [5, 5.41) is 6.34. The molecular formula is C16H24N4O. The Morgan fingerprint density at radius 2 is 2.24 bits per heavy atom. The number of rotatable bonds is 4. The predicted molar refractivity (Wildman–Crippen MR) is 83.1 cm³/mol. The second-order valence-electron chi connectivity index (χ2n) is 5.98. The smallest absolute Gasteiger partial charge is 0.224 e. The van der Waals surface area contributed by atoms with Gasteiger partial charge < -0.3 is 15.5 Å². The first-order valence-electron chi connectivity index (χ1n) is 8.01. The highest BCUT2D eigenvalue weighted by atomic mass is 16.1. The van der Waals surface area contributed by atoms with E-state index < -0.39 is 0 Å². The summed E-state index contributed by atoms with van der Waals surface area (Å²) >= 11 is 0. The van der Waals surface area contributed by atoms with E-state index in [4.69, 9.17) is 0 Å². The summed E-state index contributed by atoms with van der Waals surface area (Å²) < 4.78 is 0. The van der Waals surface area contributed by atoms with Crippen LogP contribution in [0, 0.1) is 5.92 Å². The minimum atomic E-state index is 0.124. The fourth-order valence-electron chi connectivity index (χ4n) is 3.10. The summed E-state index contributed by atoms with van der Waals surface area (Å²) in [7, 11) is 0. The topological polar surface area (TPSA) is 57.3 Å². The van der Waals surface area contributed by atoms with Crippen LogP contribution in [-0.4, -0.2) is 37.1 Å². The Kier molecular flexibility index (Phi) is 4.70. The van der Waals surface area contributed by atoms with Crippen molar-refractivity contribution in [3.05, 3.63) is 23.9 Å². The van der Waals surface area contributed by atoms with Crippen molar-refractivity contribution in [3.8, 4) is 0 Å². The molecule has 0 saturated carbocycles. The van der Waals surface area contributed by atoms with E-state index in [-0.39, 0.29) is 11.8 Å². The van der Waals surface area contributed by atoms with Gasteiger partial charge in [0.05, 0.1) is 5.92 Å². The van der Waals surface area contributed by atoms with Crippen molar-refractivity contribution >= 4 is 11.7 Å². The molecule has 1 unspecified atom stereocenters. The van der Waals surface area contributed by atoms with Crippen LogP contribution < -0.4 is 15.5 Å². The minimum Gasteiger partial charge on any atom is -0.357 e. The first kappa shape index (κ1) is 14.3. The number of amides is 1. The molecule has 3 rings (SSSR count). The van der Waals surface area contributed by atoms with Crippen molar-refractivity contribution < 1.29 is 4.79 Å². The predicted octanol–water partition coefficient (Wildman–Crippen LogP) is 1.30. The lowest BCUT2D eigenvalue weighted by Gasteiger charge is -2.22. The van der Waals surface area contributed by atoms with Crippen LogP contribution in [0.2, 0.25) is 0 Å². The molecule has 2 aliphatic rings. The molecule has 0 aromatic carbocycles. The molecule has 0 radical (unpaired) electrons. The fraction of sp³-hybridized carbons (Fsp3) is 0.625. The average molecular weight is 288 g/mol. The van der Waals surface area contributed by atoms with E-state index in [1.807, 2.05) is 12.3 Å². The van der Waals surface area contributed by atoms with Crippen molar-refractivity contribution in [2.45, 2.75) is 32.2 Å². The minimum absolute atomic E-state index is 0.124. The molecule has 1 amide bonds. The van der Waals surface area contributed by atoms with Crippen LogP contribution in [0.1, 0.15) is 31.2 Å². The lowest BCUT2D eigenvalue weighted by atomic mass is 9.99. The third-order valence-corrected chi connectivity index (χ3v) is 4.37. The maximum Gasteiger partial charge on any atom is 0.224 e. The molecule has 3 heterocycles. The standard InChI is InChI=1S/C16H24N4O/c21-16(14-4-3-6-17-12-14)19-11-13-5-7-18-15(10-13)20-8-1-2-9-20/h5,7,10,14,17H,1-4,6,8-9,11-12H2,(H,19,21). The number of hydrogen-bond donors (Lipinski definition) is 2. The van der Waals surface area contributed by atoms with Crippen molar-refractivity contribution in [2.24, 2.45) is 5.92 Å². The van der Waals surface area contributed by atoms with E-state index in [1.54, 1.807) is 0 Å². The third-order valence-electron chi connectivity index (χ3n) is 4.37. The van der Waals surface area contributed by atoms with Gasteiger partial charge in [-0.2, -0.15) is 0 Å². The fourth-order valence-corrected chi connectivity index (χ4v) is 3.10. The highest BCUT2D eigenvalue weighted by Crippen LogP contribution is 2.18. The maximum atomic E-state index is 12.1. The molecular weight excluding hydrogens is 264 g/mol. The zero-order valence-corrected chi connectivity index (χ0v) is 12.5. The molecule has 5 heteroatoms.